The maximum absolute atomic E-state index is 11.9. The van der Waals surface area contributed by atoms with Crippen molar-refractivity contribution >= 4 is 28.3 Å². The monoisotopic (exact) mass is 383 g/mol. The Morgan fingerprint density at radius 3 is 2.85 bits per heavy atom. The minimum Gasteiger partial charge on any atom is -0.388 e. The van der Waals surface area contributed by atoms with Gasteiger partial charge in [0.2, 0.25) is 5.91 Å². The van der Waals surface area contributed by atoms with Gasteiger partial charge >= 0.3 is 6.03 Å². The van der Waals surface area contributed by atoms with Crippen molar-refractivity contribution < 1.29 is 24.2 Å². The van der Waals surface area contributed by atoms with Gasteiger partial charge in [0.05, 0.1) is 23.6 Å². The van der Waals surface area contributed by atoms with Gasteiger partial charge in [0.1, 0.15) is 18.3 Å². The summed E-state index contributed by atoms with van der Waals surface area (Å²) in [5.41, 5.74) is 0. The SMILES string of the molecule is CC(C)NC(=O)CC1CC2OC(CNC(=O)Nc3cccs3)C(O)C2O1. The van der Waals surface area contributed by atoms with Crippen LogP contribution in [0.25, 0.3) is 0 Å². The van der Waals surface area contributed by atoms with Gasteiger partial charge in [0.15, 0.2) is 0 Å². The number of amides is 3. The standard InChI is InChI=1S/C17H25N3O5S/c1-9(2)19-13(21)7-10-6-11-16(24-10)15(22)12(25-11)8-18-17(23)20-14-4-3-5-26-14/h3-5,9-12,15-16,22H,6-8H2,1-2H3,(H,19,21)(H2,18,20,23). The van der Waals surface area contributed by atoms with Crippen LogP contribution < -0.4 is 16.0 Å². The van der Waals surface area contributed by atoms with Crippen molar-refractivity contribution in [2.75, 3.05) is 11.9 Å². The molecule has 0 saturated carbocycles. The van der Waals surface area contributed by atoms with Crippen molar-refractivity contribution in [3.63, 3.8) is 0 Å². The Morgan fingerprint density at radius 1 is 1.38 bits per heavy atom. The van der Waals surface area contributed by atoms with E-state index in [1.165, 1.54) is 11.3 Å². The molecule has 0 bridgehead atoms. The number of carbonyl (C=O) groups excluding carboxylic acids is 2. The number of thiophene rings is 1. The van der Waals surface area contributed by atoms with Crippen LogP contribution >= 0.6 is 11.3 Å². The van der Waals surface area contributed by atoms with Gasteiger partial charge in [0.25, 0.3) is 0 Å². The number of hydrogen-bond acceptors (Lipinski definition) is 6. The van der Waals surface area contributed by atoms with Crippen LogP contribution in [0.15, 0.2) is 17.5 Å². The lowest BCUT2D eigenvalue weighted by molar-refractivity contribution is -0.125. The molecule has 0 aromatic carbocycles. The third kappa shape index (κ3) is 4.73. The predicted molar refractivity (Wildman–Crippen MR) is 97.2 cm³/mol. The summed E-state index contributed by atoms with van der Waals surface area (Å²) in [7, 11) is 0. The van der Waals surface area contributed by atoms with Crippen LogP contribution in [-0.2, 0) is 14.3 Å². The number of aliphatic hydroxyl groups is 1. The van der Waals surface area contributed by atoms with Gasteiger partial charge < -0.3 is 25.2 Å². The molecule has 5 atom stereocenters. The molecule has 5 unspecified atom stereocenters. The van der Waals surface area contributed by atoms with Crippen molar-refractivity contribution in [2.45, 2.75) is 63.3 Å². The van der Waals surface area contributed by atoms with Crippen LogP contribution in [0.1, 0.15) is 26.7 Å². The van der Waals surface area contributed by atoms with Crippen LogP contribution in [0.3, 0.4) is 0 Å². The number of aliphatic hydroxyl groups excluding tert-OH is 1. The van der Waals surface area contributed by atoms with E-state index in [1.54, 1.807) is 6.07 Å². The molecule has 2 aliphatic rings. The molecule has 1 aromatic heterocycles. The Hall–Kier alpha value is -1.68. The first-order chi connectivity index (χ1) is 12.4. The van der Waals surface area contributed by atoms with E-state index in [2.05, 4.69) is 16.0 Å². The first-order valence-corrected chi connectivity index (χ1v) is 9.67. The molecule has 8 nitrogen and oxygen atoms in total. The fraction of sp³-hybridized carbons (Fsp3) is 0.647. The Bertz CT molecular complexity index is 624. The Kier molecular flexibility index (Phi) is 6.13. The molecular formula is C17H25N3O5S. The molecule has 0 aliphatic carbocycles. The Labute approximate surface area is 156 Å². The van der Waals surface area contributed by atoms with Crippen molar-refractivity contribution in [3.05, 3.63) is 17.5 Å². The van der Waals surface area contributed by atoms with Gasteiger partial charge in [-0.15, -0.1) is 11.3 Å². The van der Waals surface area contributed by atoms with E-state index in [1.807, 2.05) is 25.3 Å². The summed E-state index contributed by atoms with van der Waals surface area (Å²) in [5, 5.41) is 21.3. The lowest BCUT2D eigenvalue weighted by Crippen LogP contribution is -2.42. The molecular weight excluding hydrogens is 358 g/mol. The number of urea groups is 1. The minimum absolute atomic E-state index is 0.0667. The average molecular weight is 383 g/mol. The fourth-order valence-corrected chi connectivity index (χ4v) is 3.91. The first-order valence-electron chi connectivity index (χ1n) is 8.79. The third-order valence-electron chi connectivity index (χ3n) is 4.36. The van der Waals surface area contributed by atoms with Gasteiger partial charge in [-0.2, -0.15) is 0 Å². The van der Waals surface area contributed by atoms with Crippen molar-refractivity contribution in [3.8, 4) is 0 Å². The van der Waals surface area contributed by atoms with Gasteiger partial charge in [-0.05, 0) is 31.4 Å². The summed E-state index contributed by atoms with van der Waals surface area (Å²) < 4.78 is 11.6. The van der Waals surface area contributed by atoms with Crippen molar-refractivity contribution in [2.24, 2.45) is 0 Å². The highest BCUT2D eigenvalue weighted by atomic mass is 32.1. The van der Waals surface area contributed by atoms with Gasteiger partial charge in [-0.25, -0.2) is 4.79 Å². The molecule has 9 heteroatoms. The highest BCUT2D eigenvalue weighted by Gasteiger charge is 2.50. The molecule has 1 aromatic rings. The lowest BCUT2D eigenvalue weighted by Gasteiger charge is -2.20. The van der Waals surface area contributed by atoms with Crippen molar-refractivity contribution in [1.29, 1.82) is 0 Å². The second-order valence-corrected chi connectivity index (χ2v) is 7.85. The molecule has 26 heavy (non-hydrogen) atoms. The maximum atomic E-state index is 11.9. The highest BCUT2D eigenvalue weighted by Crippen LogP contribution is 2.35. The molecule has 4 N–H and O–H groups in total. The number of anilines is 1. The van der Waals surface area contributed by atoms with E-state index < -0.39 is 18.3 Å². The highest BCUT2D eigenvalue weighted by molar-refractivity contribution is 7.14. The molecule has 3 heterocycles. The number of hydrogen-bond donors (Lipinski definition) is 4. The van der Waals surface area contributed by atoms with Gasteiger partial charge in [0, 0.05) is 19.0 Å². The summed E-state index contributed by atoms with van der Waals surface area (Å²) >= 11 is 1.43. The number of nitrogens with one attached hydrogen (secondary N) is 3. The number of fused-ring (bicyclic) bond motifs is 1. The van der Waals surface area contributed by atoms with Crippen LogP contribution in [0.2, 0.25) is 0 Å². The Balaban J connectivity index is 1.41. The van der Waals surface area contributed by atoms with Crippen molar-refractivity contribution in [1.82, 2.24) is 10.6 Å². The Morgan fingerprint density at radius 2 is 2.19 bits per heavy atom. The molecule has 0 spiro atoms. The first kappa shape index (κ1) is 19.1. The zero-order valence-electron chi connectivity index (χ0n) is 14.8. The number of carbonyl (C=O) groups is 2. The summed E-state index contributed by atoms with van der Waals surface area (Å²) in [6.45, 7) is 4.00. The van der Waals surface area contributed by atoms with E-state index in [-0.39, 0.29) is 43.2 Å². The second-order valence-electron chi connectivity index (χ2n) is 6.90. The average Bonchev–Trinajstić information content (AvgIpc) is 3.24. The molecule has 3 rings (SSSR count). The van der Waals surface area contributed by atoms with E-state index in [9.17, 15) is 14.7 Å². The van der Waals surface area contributed by atoms with Crippen LogP contribution in [-0.4, -0.2) is 60.2 Å². The number of ether oxygens (including phenoxy) is 2. The summed E-state index contributed by atoms with van der Waals surface area (Å²) in [6, 6.07) is 3.39. The lowest BCUT2D eigenvalue weighted by atomic mass is 10.1. The quantitative estimate of drug-likeness (QED) is 0.588. The molecule has 144 valence electrons. The van der Waals surface area contributed by atoms with Crippen LogP contribution in [0.4, 0.5) is 9.80 Å². The normalized spacial score (nSPS) is 30.2. The molecule has 2 fully saturated rings. The van der Waals surface area contributed by atoms with Crippen LogP contribution in [0, 0.1) is 0 Å². The summed E-state index contributed by atoms with van der Waals surface area (Å²) in [4.78, 5) is 23.7. The van der Waals surface area contributed by atoms with Gasteiger partial charge in [-0.1, -0.05) is 0 Å². The topological polar surface area (TPSA) is 109 Å². The second kappa shape index (κ2) is 8.34. The molecule has 0 radical (unpaired) electrons. The minimum atomic E-state index is -0.833. The van der Waals surface area contributed by atoms with Gasteiger partial charge in [-0.3, -0.25) is 10.1 Å². The molecule has 2 saturated heterocycles. The zero-order chi connectivity index (χ0) is 18.7. The maximum Gasteiger partial charge on any atom is 0.319 e. The zero-order valence-corrected chi connectivity index (χ0v) is 15.6. The molecule has 2 aliphatic heterocycles. The largest absolute Gasteiger partial charge is 0.388 e. The third-order valence-corrected chi connectivity index (χ3v) is 5.15. The van der Waals surface area contributed by atoms with E-state index in [4.69, 9.17) is 9.47 Å². The summed E-state index contributed by atoms with van der Waals surface area (Å²) in [5.74, 6) is -0.0667. The number of rotatable bonds is 6. The van der Waals surface area contributed by atoms with E-state index in [0.717, 1.165) is 5.00 Å². The van der Waals surface area contributed by atoms with E-state index in [0.29, 0.717) is 6.42 Å². The smallest absolute Gasteiger partial charge is 0.319 e. The fourth-order valence-electron chi connectivity index (χ4n) is 3.30. The molecule has 3 amide bonds. The van der Waals surface area contributed by atoms with E-state index >= 15 is 0 Å². The van der Waals surface area contributed by atoms with Crippen LogP contribution in [0.5, 0.6) is 0 Å². The predicted octanol–water partition coefficient (Wildman–Crippen LogP) is 1.07. The summed E-state index contributed by atoms with van der Waals surface area (Å²) in [6.07, 6.45) is -1.51.